The Morgan fingerprint density at radius 1 is 0.326 bits per heavy atom. The van der Waals surface area contributed by atoms with Crippen LogP contribution in [0.15, 0.2) is 309 Å². The summed E-state index contributed by atoms with van der Waals surface area (Å²) in [5.41, 5.74) is 3.89. The van der Waals surface area contributed by atoms with Gasteiger partial charge in [0.05, 0.1) is 0 Å². The van der Waals surface area contributed by atoms with Crippen LogP contribution in [-0.4, -0.2) is 23.6 Å². The summed E-state index contributed by atoms with van der Waals surface area (Å²) in [6.07, 6.45) is 8.81. The van der Waals surface area contributed by atoms with E-state index < -0.39 is 31.8 Å². The number of fused-ring (bicyclic) bond motifs is 2. The Morgan fingerprint density at radius 3 is 1.03 bits per heavy atom. The molecule has 0 saturated carbocycles. The molecule has 11 aromatic rings. The number of ether oxygens (including phenoxy) is 2. The fourth-order valence-electron chi connectivity index (χ4n) is 13.4. The third-order valence-electron chi connectivity index (χ3n) is 17.9. The molecule has 0 spiro atoms. The second-order valence-electron chi connectivity index (χ2n) is 23.3. The van der Waals surface area contributed by atoms with E-state index in [1.54, 1.807) is 36.4 Å². The van der Waals surface area contributed by atoms with Gasteiger partial charge < -0.3 is 0 Å². The van der Waals surface area contributed by atoms with Crippen LogP contribution in [0.3, 0.4) is 0 Å². The number of carbonyl (C=O) groups excluding carboxylic acids is 4. The van der Waals surface area contributed by atoms with Gasteiger partial charge in [0.25, 0.3) is 0 Å². The molecule has 8 nitrogen and oxygen atoms in total. The predicted molar refractivity (Wildman–Crippen MR) is 366 cm³/mol. The summed E-state index contributed by atoms with van der Waals surface area (Å²) in [6, 6.07) is 94.7. The molecule has 2 heterocycles. The zero-order valence-corrected chi connectivity index (χ0v) is 51.1. The molecule has 1 aliphatic carbocycles. The quantitative estimate of drug-likeness (QED) is 0.0707. The van der Waals surface area contributed by atoms with Crippen molar-refractivity contribution in [2.75, 3.05) is 9.80 Å². The summed E-state index contributed by atoms with van der Waals surface area (Å²) in [6.45, 7) is 4.30. The summed E-state index contributed by atoms with van der Waals surface area (Å²) in [7, 11) is -5.83. The van der Waals surface area contributed by atoms with E-state index in [9.17, 15) is 19.2 Å². The van der Waals surface area contributed by atoms with Crippen molar-refractivity contribution in [1.82, 2.24) is 0 Å². The normalized spacial score (nSPS) is 14.3. The maximum atomic E-state index is 14.5. The van der Waals surface area contributed by atoms with Crippen LogP contribution in [0, 0.1) is 0 Å². The monoisotopic (exact) mass is 1200 g/mol. The molecule has 11 aromatic carbocycles. The third kappa shape index (κ3) is 9.92. The van der Waals surface area contributed by atoms with Crippen LogP contribution < -0.4 is 56.4 Å². The van der Waals surface area contributed by atoms with Crippen molar-refractivity contribution in [3.05, 3.63) is 342 Å². The molecule has 0 saturated heterocycles. The van der Waals surface area contributed by atoms with E-state index in [1.807, 2.05) is 115 Å². The van der Waals surface area contributed by atoms with Gasteiger partial charge in [-0.25, -0.2) is 0 Å². The van der Waals surface area contributed by atoms with Gasteiger partial charge >= 0.3 is 492 Å². The van der Waals surface area contributed by atoms with Crippen LogP contribution in [-0.2, 0) is 5.41 Å². The molecular formula is C79H62N2O6P2. The zero-order valence-electron chi connectivity index (χ0n) is 49.1. The number of hydrogen-bond donors (Lipinski definition) is 0. The number of hydrogen-bond acceptors (Lipinski definition) is 6. The van der Waals surface area contributed by atoms with Crippen molar-refractivity contribution < 1.29 is 28.7 Å². The van der Waals surface area contributed by atoms with Crippen LogP contribution in [0.4, 0.5) is 11.4 Å². The van der Waals surface area contributed by atoms with E-state index in [0.717, 1.165) is 34.6 Å². The first-order valence-corrected chi connectivity index (χ1v) is 34.0. The molecule has 0 aromatic heterocycles. The summed E-state index contributed by atoms with van der Waals surface area (Å²) in [4.78, 5) is 60.1. The summed E-state index contributed by atoms with van der Waals surface area (Å²) in [5, 5.41) is 9.41. The number of amides is 4. The van der Waals surface area contributed by atoms with E-state index in [2.05, 4.69) is 166 Å². The second-order valence-corrected chi connectivity index (χ2v) is 30.9. The zero-order chi connectivity index (χ0) is 60.7. The van der Waals surface area contributed by atoms with Crippen molar-refractivity contribution in [3.63, 3.8) is 0 Å². The van der Waals surface area contributed by atoms with Crippen molar-refractivity contribution in [3.8, 4) is 23.0 Å². The average Bonchev–Trinajstić information content (AvgIpc) is 1.53. The predicted octanol–water partition coefficient (Wildman–Crippen LogP) is 14.8. The second kappa shape index (κ2) is 23.4. The van der Waals surface area contributed by atoms with Gasteiger partial charge in [-0.05, 0) is 11.1 Å². The van der Waals surface area contributed by atoms with Crippen LogP contribution in [0.5, 0.6) is 23.0 Å². The number of anilines is 2. The summed E-state index contributed by atoms with van der Waals surface area (Å²) in [5.74, 6) is 0.460. The molecule has 10 heteroatoms. The molecule has 0 unspecified atom stereocenters. The molecular weight excluding hydrogens is 1130 g/mol. The number of rotatable bonds is 16. The van der Waals surface area contributed by atoms with Gasteiger partial charge in [0.2, 0.25) is 0 Å². The van der Waals surface area contributed by atoms with Crippen molar-refractivity contribution in [1.29, 1.82) is 0 Å². The average molecular weight is 1200 g/mol. The van der Waals surface area contributed by atoms with Crippen molar-refractivity contribution in [2.24, 2.45) is 0 Å². The summed E-state index contributed by atoms with van der Waals surface area (Å²) >= 11 is 0. The van der Waals surface area contributed by atoms with Crippen molar-refractivity contribution >= 4 is 86.7 Å². The number of carbonyl (C=O) groups is 4. The minimum absolute atomic E-state index is 0.279. The topological polar surface area (TPSA) is 93.2 Å². The molecule has 89 heavy (non-hydrogen) atoms. The molecule has 0 radical (unpaired) electrons. The molecule has 4 amide bonds. The molecule has 0 N–H and O–H groups in total. The van der Waals surface area contributed by atoms with Gasteiger partial charge in [-0.2, -0.15) is 0 Å². The molecule has 14 rings (SSSR count). The van der Waals surface area contributed by atoms with Crippen LogP contribution in [0.25, 0.3) is 0 Å². The molecule has 434 valence electrons. The van der Waals surface area contributed by atoms with E-state index >= 15 is 0 Å². The SMILES string of the molecule is CC(C)(c1ccc(Oc2ccc3c(c2)C(=O)N(c2cccc([PH](C4=CCCC=C4)(c4ccccc4)c4ccccc4)c2)C3=O)cc1)c1ccc(Oc2ccc3c(c2)C(=O)N(c2cccc([PH](c4ccccc4)(c4ccccc4)c4ccccc4)c2)C3=O)cc1. The van der Waals surface area contributed by atoms with Gasteiger partial charge in [0.15, 0.2) is 0 Å². The van der Waals surface area contributed by atoms with Gasteiger partial charge in [0, 0.05) is 5.41 Å². The fourth-order valence-corrected chi connectivity index (χ4v) is 23.1. The van der Waals surface area contributed by atoms with E-state index in [1.165, 1.54) is 41.6 Å². The third-order valence-corrected chi connectivity index (χ3v) is 27.5. The molecule has 0 fully saturated rings. The van der Waals surface area contributed by atoms with Gasteiger partial charge in [-0.1, -0.05) is 13.8 Å². The molecule has 0 bridgehead atoms. The molecule has 3 aliphatic rings. The Bertz CT molecular complexity index is 4460. The van der Waals surface area contributed by atoms with E-state index in [0.29, 0.717) is 45.5 Å². The Balaban J connectivity index is 0.664. The van der Waals surface area contributed by atoms with Crippen LogP contribution >= 0.6 is 14.5 Å². The number of benzene rings is 11. The number of imide groups is 2. The van der Waals surface area contributed by atoms with Gasteiger partial charge in [-0.3, -0.25) is 0 Å². The fraction of sp³-hybridized carbons (Fsp3) is 0.0633. The van der Waals surface area contributed by atoms with Gasteiger partial charge in [0.1, 0.15) is 0 Å². The van der Waals surface area contributed by atoms with Crippen molar-refractivity contribution in [2.45, 2.75) is 32.1 Å². The molecule has 2 aliphatic heterocycles. The molecule has 0 atom stereocenters. The Labute approximate surface area is 519 Å². The van der Waals surface area contributed by atoms with Crippen LogP contribution in [0.1, 0.15) is 79.2 Å². The Morgan fingerprint density at radius 2 is 0.663 bits per heavy atom. The number of allylic oxidation sites excluding steroid dienone is 4. The maximum absolute atomic E-state index is 14.5. The Hall–Kier alpha value is -10.4. The first-order valence-electron chi connectivity index (χ1n) is 30.0. The van der Waals surface area contributed by atoms with E-state index in [4.69, 9.17) is 9.47 Å². The standard InChI is InChI=1S/C79H62N2O6P2/c1-79(2,55-39-43-59(44-40-55)86-61-47-49-71-73(53-61)77(84)80(75(71)82)57-23-21-37-69(51-57)88(63-25-9-3-10-26-63,64-27-11-4-12-28-64)65-29-13-5-14-30-65)56-41-45-60(46-42-56)87-62-48-50-72-74(54-62)78(85)81(76(72)83)58-24-22-38-70(52-58)89(66-31-15-6-16-32-66,67-33-17-7-18-34-67)68-35-19-8-20-36-68/h3-7,9-19,21-54,88-89H,8,20H2,1-2H3. The first kappa shape index (κ1) is 56.4. The van der Waals surface area contributed by atoms with Crippen LogP contribution in [0.2, 0.25) is 0 Å². The Kier molecular flexibility index (Phi) is 14.8. The number of nitrogens with zero attached hydrogens (tertiary/aromatic N) is 2. The van der Waals surface area contributed by atoms with Gasteiger partial charge in [-0.15, -0.1) is 0 Å². The summed E-state index contributed by atoms with van der Waals surface area (Å²) < 4.78 is 12.8. The first-order chi connectivity index (χ1) is 43.5. The van der Waals surface area contributed by atoms with E-state index in [-0.39, 0.29) is 22.9 Å². The minimum atomic E-state index is -2.94.